The molecule has 8 aromatic rings. The molecule has 24 heteroatoms. The van der Waals surface area contributed by atoms with Crippen molar-refractivity contribution in [2.24, 2.45) is 0 Å². The van der Waals surface area contributed by atoms with E-state index in [2.05, 4.69) is 65.0 Å². The Labute approximate surface area is 552 Å². The van der Waals surface area contributed by atoms with Crippen molar-refractivity contribution in [2.45, 2.75) is 152 Å². The molecule has 2 saturated heterocycles. The van der Waals surface area contributed by atoms with E-state index >= 15 is 0 Å². The molecule has 0 saturated carbocycles. The Bertz CT molecular complexity index is 3880. The van der Waals surface area contributed by atoms with Crippen LogP contribution >= 0.6 is 15.9 Å². The molecule has 0 radical (unpaired) electrons. The van der Waals surface area contributed by atoms with Gasteiger partial charge >= 0.3 is 7.12 Å². The fraction of sp³-hybridized carbons (Fsp3) is 0.391. The van der Waals surface area contributed by atoms with E-state index in [1.54, 1.807) is 18.2 Å². The minimum Gasteiger partial charge on any atom is -0.423 e. The first-order valence-electron chi connectivity index (χ1n) is 31.3. The lowest BCUT2D eigenvalue weighted by atomic mass is 9.80. The van der Waals surface area contributed by atoms with Gasteiger partial charge in [0.1, 0.15) is 25.4 Å². The van der Waals surface area contributed by atoms with Gasteiger partial charge in [-0.15, -0.1) is 0 Å². The number of aromatic nitrogens is 6. The highest BCUT2D eigenvalue weighted by Gasteiger charge is 2.25. The summed E-state index contributed by atoms with van der Waals surface area (Å²) in [5, 5.41) is 47.3. The topological polar surface area (TPSA) is 295 Å². The molecular weight excluding hydrogens is 1250 g/mol. The Hall–Kier alpha value is -8.68. The number of nitrogens with one attached hydrogen (secondary N) is 6. The van der Waals surface area contributed by atoms with Gasteiger partial charge in [0.2, 0.25) is 23.6 Å². The van der Waals surface area contributed by atoms with Crippen molar-refractivity contribution in [2.75, 3.05) is 37.1 Å². The molecule has 0 unspecified atom stereocenters. The van der Waals surface area contributed by atoms with Crippen LogP contribution in [0.15, 0.2) is 102 Å². The highest BCUT2D eigenvalue weighted by atomic mass is 79.9. The molecule has 0 aliphatic carbocycles. The fourth-order valence-electron chi connectivity index (χ4n) is 10.9. The fourth-order valence-corrected chi connectivity index (χ4v) is 11.4. The first-order chi connectivity index (χ1) is 44.5. The molecule has 0 spiro atoms. The minimum absolute atomic E-state index is 0. The summed E-state index contributed by atoms with van der Waals surface area (Å²) in [7, 11) is -1.50. The predicted octanol–water partition coefficient (Wildman–Crippen LogP) is 8.53. The highest BCUT2D eigenvalue weighted by molar-refractivity contribution is 9.10. The normalized spacial score (nSPS) is 13.1. The third-order valence-corrected chi connectivity index (χ3v) is 17.0. The maximum atomic E-state index is 12.9. The lowest BCUT2D eigenvalue weighted by molar-refractivity contribution is -0.131. The maximum absolute atomic E-state index is 12.9. The molecular formula is C69H86BBrN12O10. The maximum Gasteiger partial charge on any atom is 0.488 e. The molecule has 0 bridgehead atoms. The summed E-state index contributed by atoms with van der Waals surface area (Å²) in [5.74, 6) is -1.36. The van der Waals surface area contributed by atoms with Gasteiger partial charge in [0.15, 0.2) is 11.3 Å². The van der Waals surface area contributed by atoms with Gasteiger partial charge in [-0.25, -0.2) is 19.3 Å². The first-order valence-corrected chi connectivity index (χ1v) is 32.1. The number of aldehydes is 2. The number of hydrogen-bond donors (Lipinski definition) is 8. The summed E-state index contributed by atoms with van der Waals surface area (Å²) in [6.07, 6.45) is 9.67. The molecule has 2 aliphatic rings. The van der Waals surface area contributed by atoms with Crippen LogP contribution in [0.1, 0.15) is 139 Å². The Kier molecular flexibility index (Phi) is 27.3. The van der Waals surface area contributed by atoms with E-state index in [0.29, 0.717) is 62.0 Å². The number of benzene rings is 4. The molecule has 492 valence electrons. The largest absolute Gasteiger partial charge is 0.488 e. The number of amides is 4. The van der Waals surface area contributed by atoms with Crippen molar-refractivity contribution >= 4 is 98.2 Å². The number of fused-ring (bicyclic) bond motifs is 2. The summed E-state index contributed by atoms with van der Waals surface area (Å²) >= 11 is 3.51. The first kappa shape index (κ1) is 71.8. The number of carbonyl (C=O) groups excluding carboxylic acids is 6. The van der Waals surface area contributed by atoms with Gasteiger partial charge in [0.05, 0.1) is 34.5 Å². The zero-order valence-corrected chi connectivity index (χ0v) is 54.7. The van der Waals surface area contributed by atoms with Crippen molar-refractivity contribution in [1.29, 1.82) is 0 Å². The number of ether oxygens (including phenoxy) is 2. The summed E-state index contributed by atoms with van der Waals surface area (Å²) in [6.45, 7) is 17.7. The van der Waals surface area contributed by atoms with Crippen LogP contribution in [0.4, 0.5) is 11.4 Å². The van der Waals surface area contributed by atoms with Crippen LogP contribution < -0.4 is 37.4 Å². The number of hydrogen-bond acceptors (Lipinski definition) is 16. The van der Waals surface area contributed by atoms with Gasteiger partial charge in [-0.2, -0.15) is 10.2 Å². The molecule has 4 amide bonds. The monoisotopic (exact) mass is 1330 g/mol. The summed E-state index contributed by atoms with van der Waals surface area (Å²) in [5.41, 5.74) is 14.6. The third-order valence-electron chi connectivity index (χ3n) is 16.1. The second-order valence-electron chi connectivity index (χ2n) is 22.6. The third kappa shape index (κ3) is 19.7. The number of nitrogens with zero attached hydrogens (tertiary/aromatic N) is 6. The zero-order valence-electron chi connectivity index (χ0n) is 53.1. The minimum atomic E-state index is -1.50. The van der Waals surface area contributed by atoms with E-state index < -0.39 is 7.12 Å². The number of anilines is 2. The lowest BCUT2D eigenvalue weighted by Gasteiger charge is -2.26. The Morgan fingerprint density at radius 3 is 1.47 bits per heavy atom. The van der Waals surface area contributed by atoms with Crippen LogP contribution in [-0.4, -0.2) is 121 Å². The van der Waals surface area contributed by atoms with Crippen molar-refractivity contribution in [3.63, 3.8) is 0 Å². The number of aryl methyl sites for hydroxylation is 6. The standard InChI is InChI=1S/C34H40N6O4.C27H35BrN6O3.C7H7BO3.CH4/c1-4-30-28(33(38-26-11-13-44-14-12-26)29-20-37-40(5-2)34(29)39-30)19-36-32(43)17-31(42)35-18-23-10-9-22(3)27(16-23)25-8-6-7-24(15-25)21-41;1-4-23-20(15-30-25(36)13-24(35)29-14-18-7-6-17(3)22(28)12-18)26(32-19-8-10-37-11-9-19)21-16-31-34(5-2)27(21)33-23;9-5-6-2-1-3-7(4-6)8(10)11;/h6-10,15-16,20-21,26H,4-5,11-14,17-19H2,1-3H3,(H,35,42)(H,36,43)(H,38,39);6-7,12,16,19H,4-5,8-11,13-15H2,1-3H3,(H,29,35)(H,30,36)(H,32,33);1-5,10-11H;1H4. The Morgan fingerprint density at radius 2 is 1.03 bits per heavy atom. The molecule has 22 nitrogen and oxygen atoms in total. The van der Waals surface area contributed by atoms with E-state index in [1.807, 2.05) is 111 Å². The average Bonchev–Trinajstić information content (AvgIpc) is 1.70. The molecule has 2 aliphatic heterocycles. The van der Waals surface area contributed by atoms with E-state index in [4.69, 9.17) is 29.5 Å². The number of carbonyl (C=O) groups is 6. The molecule has 6 heterocycles. The second kappa shape index (κ2) is 35.4. The Balaban J connectivity index is 0.000000226. The van der Waals surface area contributed by atoms with Crippen molar-refractivity contribution < 1.29 is 48.3 Å². The number of pyridine rings is 2. The van der Waals surface area contributed by atoms with E-state index in [-0.39, 0.29) is 75.6 Å². The van der Waals surface area contributed by atoms with Crippen LogP contribution in [0.5, 0.6) is 0 Å². The molecule has 4 aromatic heterocycles. The predicted molar refractivity (Wildman–Crippen MR) is 366 cm³/mol. The van der Waals surface area contributed by atoms with E-state index in [0.717, 1.165) is 146 Å². The lowest BCUT2D eigenvalue weighted by Crippen LogP contribution is -2.32. The van der Waals surface area contributed by atoms with Gasteiger partial charge in [0.25, 0.3) is 0 Å². The van der Waals surface area contributed by atoms with Crippen LogP contribution in [0, 0.1) is 13.8 Å². The van der Waals surface area contributed by atoms with Crippen molar-refractivity contribution in [3.8, 4) is 11.1 Å². The van der Waals surface area contributed by atoms with Gasteiger partial charge < -0.3 is 51.4 Å². The number of halogens is 1. The van der Waals surface area contributed by atoms with Gasteiger partial charge in [-0.3, -0.25) is 28.8 Å². The van der Waals surface area contributed by atoms with E-state index in [1.165, 1.54) is 12.1 Å². The van der Waals surface area contributed by atoms with Crippen LogP contribution in [0.25, 0.3) is 33.2 Å². The van der Waals surface area contributed by atoms with Crippen molar-refractivity contribution in [1.82, 2.24) is 50.8 Å². The Morgan fingerprint density at radius 1 is 0.591 bits per heavy atom. The molecule has 93 heavy (non-hydrogen) atoms. The molecule has 10 rings (SSSR count). The zero-order chi connectivity index (χ0) is 65.7. The number of rotatable bonds is 24. The van der Waals surface area contributed by atoms with Crippen LogP contribution in [0.2, 0.25) is 0 Å². The summed E-state index contributed by atoms with van der Waals surface area (Å²) in [6, 6.07) is 26.0. The SMILES string of the molecule is C.CCc1nc2c(cnn2CC)c(NC2CCOCC2)c1CNC(=O)CC(=O)NCc1ccc(C)c(-c2cccc(C=O)c2)c1.CCc1nc2c(cnn2CC)c(NC2CCOCC2)c1CNC(=O)CC(=O)NCc1ccc(C)c(Br)c1.O=Cc1cccc(B(O)O)c1. The summed E-state index contributed by atoms with van der Waals surface area (Å²) < 4.78 is 15.8. The van der Waals surface area contributed by atoms with Crippen molar-refractivity contribution in [3.05, 3.63) is 158 Å². The van der Waals surface area contributed by atoms with Gasteiger partial charge in [0, 0.05) is 116 Å². The highest BCUT2D eigenvalue weighted by Crippen LogP contribution is 2.33. The second-order valence-corrected chi connectivity index (χ2v) is 23.4. The van der Waals surface area contributed by atoms with Crippen LogP contribution in [0.3, 0.4) is 0 Å². The van der Waals surface area contributed by atoms with E-state index in [9.17, 15) is 28.8 Å². The van der Waals surface area contributed by atoms with Gasteiger partial charge in [-0.1, -0.05) is 104 Å². The molecule has 0 atom stereocenters. The van der Waals surface area contributed by atoms with Crippen LogP contribution in [-0.2, 0) is 80.8 Å². The summed E-state index contributed by atoms with van der Waals surface area (Å²) in [4.78, 5) is 82.1. The van der Waals surface area contributed by atoms with Gasteiger partial charge in [-0.05, 0) is 123 Å². The average molecular weight is 1330 g/mol. The molecule has 8 N–H and O–H groups in total. The quantitative estimate of drug-likeness (QED) is 0.0160. The molecule has 4 aromatic carbocycles. The molecule has 2 fully saturated rings. The smallest absolute Gasteiger partial charge is 0.423 e.